The SMILES string of the molecule is Cc1ccc(-c2ccc(C(=O)Nc3ccc(CC(=O)O)cc3)o2)cc1Cl. The van der Waals surface area contributed by atoms with Crippen LogP contribution in [0.15, 0.2) is 59.0 Å². The van der Waals surface area contributed by atoms with Gasteiger partial charge < -0.3 is 14.8 Å². The topological polar surface area (TPSA) is 79.5 Å². The van der Waals surface area contributed by atoms with Crippen LogP contribution in [0.2, 0.25) is 5.02 Å². The number of amides is 1. The lowest BCUT2D eigenvalue weighted by molar-refractivity contribution is -0.136. The molecule has 1 aromatic heterocycles. The van der Waals surface area contributed by atoms with Crippen molar-refractivity contribution in [3.05, 3.63) is 76.5 Å². The molecule has 3 aromatic rings. The van der Waals surface area contributed by atoms with Crippen molar-refractivity contribution in [3.8, 4) is 11.3 Å². The van der Waals surface area contributed by atoms with E-state index in [9.17, 15) is 9.59 Å². The molecule has 2 N–H and O–H groups in total. The van der Waals surface area contributed by atoms with Gasteiger partial charge in [0.05, 0.1) is 6.42 Å². The molecule has 3 rings (SSSR count). The number of carboxylic acids is 1. The fraction of sp³-hybridized carbons (Fsp3) is 0.100. The molecule has 2 aromatic carbocycles. The second-order valence-electron chi connectivity index (χ2n) is 5.85. The fourth-order valence-electron chi connectivity index (χ4n) is 2.43. The van der Waals surface area contributed by atoms with Crippen LogP contribution in [0.3, 0.4) is 0 Å². The molecule has 132 valence electrons. The van der Waals surface area contributed by atoms with Crippen LogP contribution in [0.25, 0.3) is 11.3 Å². The van der Waals surface area contributed by atoms with Crippen LogP contribution in [0.1, 0.15) is 21.7 Å². The summed E-state index contributed by atoms with van der Waals surface area (Å²) in [6.07, 6.45) is -0.0606. The summed E-state index contributed by atoms with van der Waals surface area (Å²) >= 11 is 6.13. The van der Waals surface area contributed by atoms with Gasteiger partial charge in [0, 0.05) is 16.3 Å². The van der Waals surface area contributed by atoms with E-state index in [1.807, 2.05) is 19.1 Å². The molecule has 0 saturated carbocycles. The lowest BCUT2D eigenvalue weighted by atomic mass is 10.1. The number of aliphatic carboxylic acids is 1. The summed E-state index contributed by atoms with van der Waals surface area (Å²) in [5, 5.41) is 12.1. The summed E-state index contributed by atoms with van der Waals surface area (Å²) in [6.45, 7) is 1.91. The standard InChI is InChI=1S/C20H16ClNO4/c1-12-2-5-14(11-16(12)21)17-8-9-18(26-17)20(25)22-15-6-3-13(4-7-15)10-19(23)24/h2-9,11H,10H2,1H3,(H,22,25)(H,23,24). The highest BCUT2D eigenvalue weighted by molar-refractivity contribution is 6.31. The largest absolute Gasteiger partial charge is 0.481 e. The molecule has 0 saturated heterocycles. The fourth-order valence-corrected chi connectivity index (χ4v) is 2.61. The average molecular weight is 370 g/mol. The van der Waals surface area contributed by atoms with Crippen molar-refractivity contribution in [3.63, 3.8) is 0 Å². The first-order valence-corrected chi connectivity index (χ1v) is 8.28. The van der Waals surface area contributed by atoms with E-state index in [0.717, 1.165) is 11.1 Å². The molecule has 0 atom stereocenters. The van der Waals surface area contributed by atoms with Crippen LogP contribution in [0.5, 0.6) is 0 Å². The molecule has 0 bridgehead atoms. The smallest absolute Gasteiger partial charge is 0.307 e. The first kappa shape index (κ1) is 17.8. The number of furan rings is 1. The van der Waals surface area contributed by atoms with E-state index in [2.05, 4.69) is 5.32 Å². The number of benzene rings is 2. The highest BCUT2D eigenvalue weighted by Crippen LogP contribution is 2.27. The van der Waals surface area contributed by atoms with E-state index in [-0.39, 0.29) is 18.1 Å². The van der Waals surface area contributed by atoms with Crippen LogP contribution < -0.4 is 5.32 Å². The van der Waals surface area contributed by atoms with Gasteiger partial charge in [-0.15, -0.1) is 0 Å². The van der Waals surface area contributed by atoms with Gasteiger partial charge in [-0.2, -0.15) is 0 Å². The van der Waals surface area contributed by atoms with Crippen molar-refractivity contribution in [2.75, 3.05) is 5.32 Å². The van der Waals surface area contributed by atoms with Crippen molar-refractivity contribution in [2.45, 2.75) is 13.3 Å². The molecule has 0 unspecified atom stereocenters. The Labute approximate surface area is 155 Å². The normalized spacial score (nSPS) is 10.5. The molecule has 0 spiro atoms. The van der Waals surface area contributed by atoms with Gasteiger partial charge in [0.15, 0.2) is 5.76 Å². The molecule has 0 aliphatic rings. The third-order valence-corrected chi connectivity index (χ3v) is 4.26. The number of rotatable bonds is 5. The van der Waals surface area contributed by atoms with Crippen LogP contribution in [-0.2, 0) is 11.2 Å². The minimum atomic E-state index is -0.902. The summed E-state index contributed by atoms with van der Waals surface area (Å²) < 4.78 is 5.63. The number of halogens is 1. The molecule has 26 heavy (non-hydrogen) atoms. The lowest BCUT2D eigenvalue weighted by Crippen LogP contribution is -2.10. The van der Waals surface area contributed by atoms with Crippen LogP contribution in [0.4, 0.5) is 5.69 Å². The summed E-state index contributed by atoms with van der Waals surface area (Å²) in [5.41, 5.74) is 2.97. The summed E-state index contributed by atoms with van der Waals surface area (Å²) in [5.74, 6) is -0.568. The zero-order valence-electron chi connectivity index (χ0n) is 14.0. The van der Waals surface area contributed by atoms with Crippen molar-refractivity contribution in [1.29, 1.82) is 0 Å². The number of carbonyl (C=O) groups excluding carboxylic acids is 1. The van der Waals surface area contributed by atoms with Gasteiger partial charge in [0.25, 0.3) is 5.91 Å². The molecule has 6 heteroatoms. The van der Waals surface area contributed by atoms with Gasteiger partial charge in [-0.3, -0.25) is 9.59 Å². The third-order valence-electron chi connectivity index (χ3n) is 3.85. The Balaban J connectivity index is 1.71. The Kier molecular flexibility index (Phi) is 5.09. The van der Waals surface area contributed by atoms with Gasteiger partial charge in [0.2, 0.25) is 0 Å². The molecular weight excluding hydrogens is 354 g/mol. The number of hydrogen-bond acceptors (Lipinski definition) is 3. The number of anilines is 1. The monoisotopic (exact) mass is 369 g/mol. The van der Waals surface area contributed by atoms with Crippen LogP contribution in [0, 0.1) is 6.92 Å². The predicted molar refractivity (Wildman–Crippen MR) is 99.6 cm³/mol. The number of aryl methyl sites for hydroxylation is 1. The van der Waals surface area contributed by atoms with Crippen molar-refractivity contribution in [2.24, 2.45) is 0 Å². The molecule has 0 aliphatic carbocycles. The highest BCUT2D eigenvalue weighted by Gasteiger charge is 2.13. The predicted octanol–water partition coefficient (Wildman–Crippen LogP) is 4.79. The number of nitrogens with one attached hydrogen (secondary N) is 1. The van der Waals surface area contributed by atoms with E-state index >= 15 is 0 Å². The molecule has 0 fully saturated rings. The highest BCUT2D eigenvalue weighted by atomic mass is 35.5. The van der Waals surface area contributed by atoms with Crippen molar-refractivity contribution in [1.82, 2.24) is 0 Å². The maximum Gasteiger partial charge on any atom is 0.307 e. The molecule has 5 nitrogen and oxygen atoms in total. The summed E-state index contributed by atoms with van der Waals surface area (Å²) in [7, 11) is 0. The first-order valence-electron chi connectivity index (χ1n) is 7.91. The average Bonchev–Trinajstić information content (AvgIpc) is 3.09. The molecule has 0 radical (unpaired) electrons. The molecule has 0 aliphatic heterocycles. The number of hydrogen-bond donors (Lipinski definition) is 2. The zero-order valence-corrected chi connectivity index (χ0v) is 14.7. The van der Waals surface area contributed by atoms with Gasteiger partial charge in [-0.25, -0.2) is 0 Å². The van der Waals surface area contributed by atoms with Crippen molar-refractivity contribution >= 4 is 29.2 Å². The van der Waals surface area contributed by atoms with E-state index in [4.69, 9.17) is 21.1 Å². The third kappa shape index (κ3) is 4.13. The van der Waals surface area contributed by atoms with Gasteiger partial charge in [-0.05, 0) is 48.4 Å². The van der Waals surface area contributed by atoms with E-state index in [1.165, 1.54) is 0 Å². The minimum absolute atomic E-state index is 0.0606. The molecule has 1 heterocycles. The Morgan fingerprint density at radius 1 is 1.08 bits per heavy atom. The van der Waals surface area contributed by atoms with E-state index in [0.29, 0.717) is 22.0 Å². The second-order valence-corrected chi connectivity index (χ2v) is 6.26. The quantitative estimate of drug-likeness (QED) is 0.677. The van der Waals surface area contributed by atoms with Crippen molar-refractivity contribution < 1.29 is 19.1 Å². The van der Waals surface area contributed by atoms with E-state index < -0.39 is 5.97 Å². The minimum Gasteiger partial charge on any atom is -0.481 e. The van der Waals surface area contributed by atoms with Gasteiger partial charge in [-0.1, -0.05) is 35.9 Å². The Morgan fingerprint density at radius 3 is 2.46 bits per heavy atom. The van der Waals surface area contributed by atoms with Crippen LogP contribution >= 0.6 is 11.6 Å². The van der Waals surface area contributed by atoms with E-state index in [1.54, 1.807) is 42.5 Å². The Hall–Kier alpha value is -3.05. The molecular formula is C20H16ClNO4. The van der Waals surface area contributed by atoms with Crippen LogP contribution in [-0.4, -0.2) is 17.0 Å². The van der Waals surface area contributed by atoms with Gasteiger partial charge >= 0.3 is 5.97 Å². The molecule has 1 amide bonds. The number of carbonyl (C=O) groups is 2. The maximum absolute atomic E-state index is 12.3. The summed E-state index contributed by atoms with van der Waals surface area (Å²) in [6, 6.07) is 15.5. The number of carboxylic acid groups (broad SMARTS) is 1. The lowest BCUT2D eigenvalue weighted by Gasteiger charge is -2.04. The zero-order chi connectivity index (χ0) is 18.7. The Morgan fingerprint density at radius 2 is 1.81 bits per heavy atom. The second kappa shape index (κ2) is 7.45. The Bertz CT molecular complexity index is 960. The maximum atomic E-state index is 12.3. The van der Waals surface area contributed by atoms with Gasteiger partial charge in [0.1, 0.15) is 5.76 Å². The first-order chi connectivity index (χ1) is 12.4. The summed E-state index contributed by atoms with van der Waals surface area (Å²) in [4.78, 5) is 23.0.